The number of piperidine rings is 1. The minimum atomic E-state index is -0.697. The van der Waals surface area contributed by atoms with Gasteiger partial charge in [0.1, 0.15) is 0 Å². The molecule has 3 rings (SSSR count). The van der Waals surface area contributed by atoms with Crippen molar-refractivity contribution in [2.45, 2.75) is 69.9 Å². The molecule has 3 atom stereocenters. The molecule has 7 nitrogen and oxygen atoms in total. The zero-order valence-corrected chi connectivity index (χ0v) is 20.1. The van der Waals surface area contributed by atoms with Gasteiger partial charge in [0.2, 0.25) is 11.7 Å². The molecule has 2 aliphatic rings. The zero-order valence-electron chi connectivity index (χ0n) is 20.1. The first-order chi connectivity index (χ1) is 15.5. The molecule has 2 N–H and O–H groups in total. The highest BCUT2D eigenvalue weighted by Crippen LogP contribution is 2.51. The van der Waals surface area contributed by atoms with Crippen LogP contribution in [0.5, 0.6) is 17.2 Å². The van der Waals surface area contributed by atoms with Crippen LogP contribution >= 0.6 is 0 Å². The number of amides is 1. The van der Waals surface area contributed by atoms with Crippen LogP contribution in [-0.2, 0) is 4.79 Å². The maximum Gasteiger partial charge on any atom is 0.234 e. The predicted molar refractivity (Wildman–Crippen MR) is 124 cm³/mol. The third-order valence-electron chi connectivity index (χ3n) is 7.15. The zero-order chi connectivity index (χ0) is 23.1. The van der Waals surface area contributed by atoms with E-state index in [4.69, 9.17) is 14.2 Å². The lowest BCUT2D eigenvalue weighted by Crippen LogP contribution is -2.56. The number of ether oxygens (including phenoxy) is 3. The van der Waals surface area contributed by atoms with Gasteiger partial charge >= 0.3 is 0 Å². The third kappa shape index (κ3) is 5.31. The third-order valence-corrected chi connectivity index (χ3v) is 7.15. The van der Waals surface area contributed by atoms with Gasteiger partial charge in [-0.05, 0) is 43.4 Å². The van der Waals surface area contributed by atoms with E-state index in [1.54, 1.807) is 21.3 Å². The number of aliphatic hydroxyl groups is 1. The van der Waals surface area contributed by atoms with E-state index in [1.807, 2.05) is 12.1 Å². The smallest absolute Gasteiger partial charge is 0.234 e. The number of carbonyl (C=O) groups excluding carboxylic acids is 1. The Morgan fingerprint density at radius 3 is 2.47 bits per heavy atom. The van der Waals surface area contributed by atoms with Crippen molar-refractivity contribution in [1.82, 2.24) is 10.2 Å². The summed E-state index contributed by atoms with van der Waals surface area (Å²) >= 11 is 0. The van der Waals surface area contributed by atoms with Crippen molar-refractivity contribution in [1.29, 1.82) is 0 Å². The highest BCUT2D eigenvalue weighted by molar-refractivity contribution is 5.78. The van der Waals surface area contributed by atoms with Gasteiger partial charge in [0.15, 0.2) is 11.5 Å². The molecule has 0 unspecified atom stereocenters. The minimum absolute atomic E-state index is 0.0415. The first kappa shape index (κ1) is 24.6. The Labute approximate surface area is 192 Å². The Morgan fingerprint density at radius 1 is 1.12 bits per heavy atom. The second kappa shape index (κ2) is 11.2. The van der Waals surface area contributed by atoms with Crippen molar-refractivity contribution in [3.8, 4) is 17.2 Å². The number of rotatable bonds is 10. The van der Waals surface area contributed by atoms with Crippen molar-refractivity contribution in [3.63, 3.8) is 0 Å². The number of hydrogen-bond donors (Lipinski definition) is 2. The molecule has 7 heteroatoms. The lowest BCUT2D eigenvalue weighted by molar-refractivity contribution is -0.137. The quantitative estimate of drug-likeness (QED) is 0.532. The highest BCUT2D eigenvalue weighted by Gasteiger charge is 2.49. The van der Waals surface area contributed by atoms with Gasteiger partial charge in [-0.3, -0.25) is 9.69 Å². The molecule has 1 aromatic carbocycles. The molecular weight excluding hydrogens is 408 g/mol. The summed E-state index contributed by atoms with van der Waals surface area (Å²) in [7, 11) is 4.82. The average Bonchev–Trinajstić information content (AvgIpc) is 2.80. The lowest BCUT2D eigenvalue weighted by Gasteiger charge is -2.52. The fourth-order valence-corrected chi connectivity index (χ4v) is 5.48. The Bertz CT molecular complexity index is 746. The first-order valence-electron chi connectivity index (χ1n) is 12.0. The molecular formula is C25H40N2O5. The maximum atomic E-state index is 12.8. The van der Waals surface area contributed by atoms with Gasteiger partial charge in [-0.2, -0.15) is 0 Å². The molecule has 0 bridgehead atoms. The maximum absolute atomic E-state index is 12.8. The number of methoxy groups -OCH3 is 3. The van der Waals surface area contributed by atoms with E-state index in [1.165, 1.54) is 0 Å². The van der Waals surface area contributed by atoms with Crippen LogP contribution in [0.2, 0.25) is 0 Å². The molecule has 0 aromatic heterocycles. The van der Waals surface area contributed by atoms with Crippen molar-refractivity contribution in [3.05, 3.63) is 17.7 Å². The van der Waals surface area contributed by atoms with Crippen LogP contribution in [-0.4, -0.2) is 62.5 Å². The number of likely N-dealkylation sites (tertiary alicyclic amines) is 1. The second-order valence-electron chi connectivity index (χ2n) is 9.14. The fraction of sp³-hybridized carbons (Fsp3) is 0.720. The molecule has 0 radical (unpaired) electrons. The van der Waals surface area contributed by atoms with Gasteiger partial charge in [0, 0.05) is 25.0 Å². The van der Waals surface area contributed by atoms with E-state index in [-0.39, 0.29) is 17.9 Å². The van der Waals surface area contributed by atoms with Crippen molar-refractivity contribution >= 4 is 5.91 Å². The largest absolute Gasteiger partial charge is 0.493 e. The lowest BCUT2D eigenvalue weighted by atomic mass is 9.66. The van der Waals surface area contributed by atoms with Crippen LogP contribution in [0.3, 0.4) is 0 Å². The van der Waals surface area contributed by atoms with Crippen molar-refractivity contribution < 1.29 is 24.1 Å². The van der Waals surface area contributed by atoms with Crippen LogP contribution in [0.1, 0.15) is 69.9 Å². The van der Waals surface area contributed by atoms with Gasteiger partial charge in [-0.15, -0.1) is 0 Å². The number of unbranched alkanes of at least 4 members (excludes halogenated alkanes) is 2. The van der Waals surface area contributed by atoms with E-state index < -0.39 is 5.60 Å². The van der Waals surface area contributed by atoms with Gasteiger partial charge in [0.05, 0.1) is 33.5 Å². The molecule has 1 aliphatic heterocycles. The summed E-state index contributed by atoms with van der Waals surface area (Å²) in [6.07, 6.45) is 7.83. The van der Waals surface area contributed by atoms with Crippen LogP contribution in [0.4, 0.5) is 0 Å². The Balaban J connectivity index is 1.91. The fourth-order valence-electron chi connectivity index (χ4n) is 5.48. The SMILES string of the molecule is CCCCCNC(=O)CN1CC[C@]2(O)CCCC[C@H]2[C@H]1c1cc(OC)c(OC)c(OC)c1. The predicted octanol–water partition coefficient (Wildman–Crippen LogP) is 3.69. The van der Waals surface area contributed by atoms with Gasteiger partial charge in [-0.25, -0.2) is 0 Å². The molecule has 1 heterocycles. The summed E-state index contributed by atoms with van der Waals surface area (Å²) in [5.41, 5.74) is 0.292. The number of benzene rings is 1. The van der Waals surface area contributed by atoms with Gasteiger partial charge < -0.3 is 24.6 Å². The summed E-state index contributed by atoms with van der Waals surface area (Å²) in [5, 5.41) is 14.6. The van der Waals surface area contributed by atoms with E-state index in [0.29, 0.717) is 43.3 Å². The summed E-state index contributed by atoms with van der Waals surface area (Å²) in [6, 6.07) is 3.85. The molecule has 1 aliphatic carbocycles. The van der Waals surface area contributed by atoms with Gasteiger partial charge in [-0.1, -0.05) is 32.6 Å². The average molecular weight is 449 g/mol. The Hall–Kier alpha value is -1.99. The van der Waals surface area contributed by atoms with Crippen LogP contribution in [0.15, 0.2) is 12.1 Å². The minimum Gasteiger partial charge on any atom is -0.493 e. The van der Waals surface area contributed by atoms with E-state index in [2.05, 4.69) is 17.1 Å². The van der Waals surface area contributed by atoms with E-state index >= 15 is 0 Å². The number of nitrogens with zero attached hydrogens (tertiary/aromatic N) is 1. The summed E-state index contributed by atoms with van der Waals surface area (Å²) in [4.78, 5) is 15.0. The summed E-state index contributed by atoms with van der Waals surface area (Å²) < 4.78 is 16.7. The number of carbonyl (C=O) groups is 1. The molecule has 180 valence electrons. The Kier molecular flexibility index (Phi) is 8.65. The normalized spacial score (nSPS) is 25.7. The molecule has 32 heavy (non-hydrogen) atoms. The monoisotopic (exact) mass is 448 g/mol. The molecule has 1 saturated carbocycles. The van der Waals surface area contributed by atoms with Crippen LogP contribution in [0, 0.1) is 5.92 Å². The van der Waals surface area contributed by atoms with Crippen LogP contribution in [0.25, 0.3) is 0 Å². The van der Waals surface area contributed by atoms with E-state index in [9.17, 15) is 9.90 Å². The molecule has 1 amide bonds. The molecule has 1 aromatic rings. The number of hydrogen-bond acceptors (Lipinski definition) is 6. The van der Waals surface area contributed by atoms with E-state index in [0.717, 1.165) is 50.5 Å². The second-order valence-corrected chi connectivity index (χ2v) is 9.14. The highest BCUT2D eigenvalue weighted by atomic mass is 16.5. The number of fused-ring (bicyclic) bond motifs is 1. The number of nitrogens with one attached hydrogen (secondary N) is 1. The molecule has 0 spiro atoms. The first-order valence-corrected chi connectivity index (χ1v) is 12.0. The molecule has 1 saturated heterocycles. The summed E-state index contributed by atoms with van der Waals surface area (Å²) in [6.45, 7) is 3.86. The standard InChI is InChI=1S/C25H40N2O5/c1-5-6-9-13-26-22(28)17-27-14-12-25(29)11-8-7-10-19(25)23(27)18-15-20(30-2)24(32-4)21(16-18)31-3/h15-16,19,23,29H,5-14,17H2,1-4H3,(H,26,28)/t19-,23+,25+/m0/s1. The summed E-state index contributed by atoms with van der Waals surface area (Å²) in [5.74, 6) is 1.83. The van der Waals surface area contributed by atoms with Crippen LogP contribution < -0.4 is 19.5 Å². The Morgan fingerprint density at radius 2 is 1.84 bits per heavy atom. The topological polar surface area (TPSA) is 80.3 Å². The van der Waals surface area contributed by atoms with Gasteiger partial charge in [0.25, 0.3) is 0 Å². The van der Waals surface area contributed by atoms with Crippen molar-refractivity contribution in [2.75, 3.05) is 41.0 Å². The molecule has 2 fully saturated rings. The van der Waals surface area contributed by atoms with Crippen molar-refractivity contribution in [2.24, 2.45) is 5.92 Å².